The molecule has 0 aromatic rings. The predicted octanol–water partition coefficient (Wildman–Crippen LogP) is 4.80. The van der Waals surface area contributed by atoms with Gasteiger partial charge in [0, 0.05) is 12.3 Å². The molecule has 3 saturated carbocycles. The van der Waals surface area contributed by atoms with Gasteiger partial charge in [-0.05, 0) is 68.6 Å². The largest absolute Gasteiger partial charge is 0.469 e. The molecule has 0 radical (unpaired) electrons. The standard InChI is InChI=1S/C25H40O4/c1-3-6-17-9-10-19(13-17)23(26)12-11-21-22-15-18(14-20(22)16-24(21)27)7-4-5-8-25(28)29-2/h7,11-12,17,19-24,26-27H,3-6,8-10,13-16H2,1-2H3/t17?,19?,20-,21-,22+,23+,24-/m1/s1. The van der Waals surface area contributed by atoms with Crippen LogP contribution in [0.25, 0.3) is 0 Å². The van der Waals surface area contributed by atoms with Crippen LogP contribution in [-0.2, 0) is 9.53 Å². The lowest BCUT2D eigenvalue weighted by atomic mass is 9.89. The summed E-state index contributed by atoms with van der Waals surface area (Å²) in [5.74, 6) is 2.27. The Morgan fingerprint density at radius 3 is 2.86 bits per heavy atom. The minimum absolute atomic E-state index is 0.137. The lowest BCUT2D eigenvalue weighted by molar-refractivity contribution is -0.140. The van der Waals surface area contributed by atoms with Crippen LogP contribution < -0.4 is 0 Å². The minimum atomic E-state index is -0.363. The van der Waals surface area contributed by atoms with E-state index in [-0.39, 0.29) is 24.1 Å². The van der Waals surface area contributed by atoms with E-state index in [4.69, 9.17) is 4.74 Å². The van der Waals surface area contributed by atoms with Crippen LogP contribution in [0.5, 0.6) is 0 Å². The van der Waals surface area contributed by atoms with Gasteiger partial charge in [0.05, 0.1) is 19.3 Å². The monoisotopic (exact) mass is 404 g/mol. The van der Waals surface area contributed by atoms with Crippen molar-refractivity contribution in [2.45, 2.75) is 89.8 Å². The second-order valence-corrected chi connectivity index (χ2v) is 9.65. The summed E-state index contributed by atoms with van der Waals surface area (Å²) in [7, 11) is 1.44. The maximum atomic E-state index is 11.2. The van der Waals surface area contributed by atoms with Gasteiger partial charge in [-0.15, -0.1) is 0 Å². The summed E-state index contributed by atoms with van der Waals surface area (Å²) in [6.07, 6.45) is 17.1. The van der Waals surface area contributed by atoms with E-state index >= 15 is 0 Å². The third-order valence-electron chi connectivity index (χ3n) is 7.65. The molecule has 2 N–H and O–H groups in total. The van der Waals surface area contributed by atoms with Gasteiger partial charge in [0.2, 0.25) is 0 Å². The first-order chi connectivity index (χ1) is 14.0. The number of aliphatic hydroxyl groups is 2. The maximum Gasteiger partial charge on any atom is 0.305 e. The Bertz CT molecular complexity index is 596. The zero-order chi connectivity index (χ0) is 20.8. The van der Waals surface area contributed by atoms with Gasteiger partial charge >= 0.3 is 5.97 Å². The molecule has 29 heavy (non-hydrogen) atoms. The minimum Gasteiger partial charge on any atom is -0.469 e. The predicted molar refractivity (Wildman–Crippen MR) is 115 cm³/mol. The number of aliphatic hydroxyl groups excluding tert-OH is 2. The molecule has 164 valence electrons. The number of allylic oxidation sites excluding steroid dienone is 2. The van der Waals surface area contributed by atoms with Gasteiger partial charge in [0.15, 0.2) is 0 Å². The number of carbonyl (C=O) groups excluding carboxylic acids is 1. The van der Waals surface area contributed by atoms with Gasteiger partial charge in [-0.3, -0.25) is 4.79 Å². The summed E-state index contributed by atoms with van der Waals surface area (Å²) in [5, 5.41) is 21.2. The number of rotatable bonds is 9. The van der Waals surface area contributed by atoms with Crippen LogP contribution in [0.4, 0.5) is 0 Å². The first kappa shape index (κ1) is 22.6. The van der Waals surface area contributed by atoms with E-state index in [1.165, 1.54) is 31.9 Å². The second kappa shape index (κ2) is 10.8. The molecule has 0 aromatic heterocycles. The number of fused-ring (bicyclic) bond motifs is 1. The average molecular weight is 405 g/mol. The number of carbonyl (C=O) groups is 1. The Kier molecular flexibility index (Phi) is 8.37. The highest BCUT2D eigenvalue weighted by atomic mass is 16.5. The summed E-state index contributed by atoms with van der Waals surface area (Å²) < 4.78 is 4.69. The lowest BCUT2D eigenvalue weighted by Gasteiger charge is -2.19. The third-order valence-corrected chi connectivity index (χ3v) is 7.65. The van der Waals surface area contributed by atoms with Crippen LogP contribution in [0.3, 0.4) is 0 Å². The quantitative estimate of drug-likeness (QED) is 0.329. The molecule has 4 nitrogen and oxygen atoms in total. The number of esters is 1. The van der Waals surface area contributed by atoms with Crippen molar-refractivity contribution in [1.82, 2.24) is 0 Å². The Morgan fingerprint density at radius 2 is 2.10 bits per heavy atom. The Hall–Kier alpha value is -1.13. The SMILES string of the molecule is CCCC1CCC([C@@H](O)C=C[C@@H]2[C@H]3CC(=CCCCC(=O)OC)C[C@@H]3C[C@H]2O)C1. The van der Waals surface area contributed by atoms with Crippen molar-refractivity contribution >= 4 is 5.97 Å². The molecule has 7 atom stereocenters. The molecule has 4 heteroatoms. The number of unbranched alkanes of at least 4 members (excludes halogenated alkanes) is 1. The highest BCUT2D eigenvalue weighted by Gasteiger charge is 2.45. The van der Waals surface area contributed by atoms with Crippen molar-refractivity contribution < 1.29 is 19.7 Å². The van der Waals surface area contributed by atoms with E-state index in [2.05, 4.69) is 19.1 Å². The second-order valence-electron chi connectivity index (χ2n) is 9.65. The first-order valence-corrected chi connectivity index (χ1v) is 11.8. The molecule has 2 unspecified atom stereocenters. The molecule has 0 amide bonds. The van der Waals surface area contributed by atoms with Crippen molar-refractivity contribution in [2.24, 2.45) is 29.6 Å². The van der Waals surface area contributed by atoms with Crippen LogP contribution in [0.15, 0.2) is 23.8 Å². The summed E-state index contributed by atoms with van der Waals surface area (Å²) >= 11 is 0. The summed E-state index contributed by atoms with van der Waals surface area (Å²) in [5.41, 5.74) is 1.48. The van der Waals surface area contributed by atoms with E-state index in [1.54, 1.807) is 0 Å². The topological polar surface area (TPSA) is 66.8 Å². The molecule has 0 bridgehead atoms. The smallest absolute Gasteiger partial charge is 0.305 e. The molecule has 3 aliphatic carbocycles. The third kappa shape index (κ3) is 5.95. The number of methoxy groups -OCH3 is 1. The highest BCUT2D eigenvalue weighted by molar-refractivity contribution is 5.69. The molecule has 0 aliphatic heterocycles. The number of hydrogen-bond acceptors (Lipinski definition) is 4. The van der Waals surface area contributed by atoms with Crippen molar-refractivity contribution in [3.63, 3.8) is 0 Å². The maximum absolute atomic E-state index is 11.2. The molecule has 3 rings (SSSR count). The Labute approximate surface area is 176 Å². The number of hydrogen-bond donors (Lipinski definition) is 2. The van der Waals surface area contributed by atoms with Gasteiger partial charge in [-0.1, -0.05) is 50.0 Å². The van der Waals surface area contributed by atoms with Gasteiger partial charge in [-0.2, -0.15) is 0 Å². The average Bonchev–Trinajstić information content (AvgIpc) is 3.39. The van der Waals surface area contributed by atoms with E-state index in [0.29, 0.717) is 24.2 Å². The van der Waals surface area contributed by atoms with Crippen LogP contribution in [0.1, 0.15) is 77.6 Å². The van der Waals surface area contributed by atoms with Crippen molar-refractivity contribution in [1.29, 1.82) is 0 Å². The first-order valence-electron chi connectivity index (χ1n) is 11.8. The van der Waals surface area contributed by atoms with Gasteiger partial charge in [0.25, 0.3) is 0 Å². The molecule has 3 fully saturated rings. The van der Waals surface area contributed by atoms with E-state index in [9.17, 15) is 15.0 Å². The zero-order valence-electron chi connectivity index (χ0n) is 18.3. The van der Waals surface area contributed by atoms with Crippen molar-refractivity contribution in [3.8, 4) is 0 Å². The Balaban J connectivity index is 1.49. The van der Waals surface area contributed by atoms with Crippen LogP contribution >= 0.6 is 0 Å². The normalized spacial score (nSPS) is 36.8. The van der Waals surface area contributed by atoms with E-state index in [1.807, 2.05) is 6.08 Å². The fourth-order valence-corrected chi connectivity index (χ4v) is 6.09. The van der Waals surface area contributed by atoms with Crippen LogP contribution in [0.2, 0.25) is 0 Å². The molecule has 0 spiro atoms. The van der Waals surface area contributed by atoms with Crippen molar-refractivity contribution in [3.05, 3.63) is 23.8 Å². The number of ether oxygens (including phenoxy) is 1. The summed E-state index contributed by atoms with van der Waals surface area (Å²) in [6.45, 7) is 2.24. The van der Waals surface area contributed by atoms with Gasteiger partial charge in [0.1, 0.15) is 0 Å². The summed E-state index contributed by atoms with van der Waals surface area (Å²) in [6, 6.07) is 0. The molecular weight excluding hydrogens is 364 g/mol. The van der Waals surface area contributed by atoms with E-state index in [0.717, 1.165) is 50.9 Å². The van der Waals surface area contributed by atoms with Gasteiger partial charge in [-0.25, -0.2) is 0 Å². The fourth-order valence-electron chi connectivity index (χ4n) is 6.09. The lowest BCUT2D eigenvalue weighted by Crippen LogP contribution is -2.20. The highest BCUT2D eigenvalue weighted by Crippen LogP contribution is 2.50. The molecule has 0 saturated heterocycles. The molecule has 0 heterocycles. The molecular formula is C25H40O4. The molecule has 0 aromatic carbocycles. The molecule has 3 aliphatic rings. The van der Waals surface area contributed by atoms with Crippen LogP contribution in [-0.4, -0.2) is 35.5 Å². The summed E-state index contributed by atoms with van der Waals surface area (Å²) in [4.78, 5) is 11.2. The Morgan fingerprint density at radius 1 is 1.28 bits per heavy atom. The van der Waals surface area contributed by atoms with Crippen LogP contribution in [0, 0.1) is 29.6 Å². The van der Waals surface area contributed by atoms with E-state index < -0.39 is 0 Å². The zero-order valence-corrected chi connectivity index (χ0v) is 18.3. The van der Waals surface area contributed by atoms with Crippen molar-refractivity contribution in [2.75, 3.05) is 7.11 Å². The fraction of sp³-hybridized carbons (Fsp3) is 0.800. The van der Waals surface area contributed by atoms with Gasteiger partial charge < -0.3 is 14.9 Å².